The summed E-state index contributed by atoms with van der Waals surface area (Å²) in [6, 6.07) is 69.5. The number of aromatic nitrogens is 4. The Balaban J connectivity index is 0.932. The number of nitrogens with zero attached hydrogens (tertiary/aromatic N) is 4. The van der Waals surface area contributed by atoms with Gasteiger partial charge in [0.1, 0.15) is 0 Å². The van der Waals surface area contributed by atoms with E-state index in [4.69, 9.17) is 15.0 Å². The standard InChI is InChI=1S/C62H46N4/c1-2-12-45(13-3-1)66-56-21-11-7-17-50(56)51-29-25-43(34-57(51)66)60-64-58(41-22-26-44(27-23-41)61-35-38-30-39(36-61)32-40(31-38)37-61)63-59(65-60)42-24-28-49-48-16-6-10-20-54(48)62(55(49)33-42)52-18-8-4-14-46(52)47-15-5-9-19-53(47)62/h1-29,33-34,38-40H,30-32,35-37H2. The van der Waals surface area contributed by atoms with E-state index >= 15 is 0 Å². The molecule has 4 fully saturated rings. The molecule has 4 bridgehead atoms. The highest BCUT2D eigenvalue weighted by atomic mass is 15.0. The summed E-state index contributed by atoms with van der Waals surface area (Å²) in [5, 5.41) is 2.43. The Labute approximate surface area is 384 Å². The molecule has 4 saturated carbocycles. The molecule has 2 heterocycles. The van der Waals surface area contributed by atoms with Gasteiger partial charge in [-0.15, -0.1) is 0 Å². The molecule has 0 aliphatic heterocycles. The molecule has 10 aromatic rings. The molecule has 0 atom stereocenters. The van der Waals surface area contributed by atoms with Gasteiger partial charge in [0.25, 0.3) is 0 Å². The van der Waals surface area contributed by atoms with Gasteiger partial charge in [-0.3, -0.25) is 0 Å². The molecule has 314 valence electrons. The van der Waals surface area contributed by atoms with E-state index in [0.717, 1.165) is 45.6 Å². The van der Waals surface area contributed by atoms with Crippen LogP contribution in [0.15, 0.2) is 188 Å². The fourth-order valence-electron chi connectivity index (χ4n) is 14.4. The summed E-state index contributed by atoms with van der Waals surface area (Å²) >= 11 is 0. The third-order valence-electron chi connectivity index (χ3n) is 16.6. The SMILES string of the molecule is c1ccc(-n2c3ccccc3c3ccc(-c4nc(-c5ccc(C67CC8CC(CC(C8)C6)C7)cc5)nc(-c5ccc6c(c5)C5(c7ccccc7-c7ccccc75)c5ccccc5-6)n4)cc32)cc1. The van der Waals surface area contributed by atoms with Crippen LogP contribution in [0.1, 0.15) is 66.3 Å². The topological polar surface area (TPSA) is 43.6 Å². The van der Waals surface area contributed by atoms with Crippen LogP contribution in [0.4, 0.5) is 0 Å². The molecule has 2 aromatic heterocycles. The molecule has 4 nitrogen and oxygen atoms in total. The lowest BCUT2D eigenvalue weighted by Gasteiger charge is -2.57. The van der Waals surface area contributed by atoms with Gasteiger partial charge in [0.2, 0.25) is 0 Å². The smallest absolute Gasteiger partial charge is 0.164 e. The highest BCUT2D eigenvalue weighted by Gasteiger charge is 2.53. The molecule has 0 amide bonds. The lowest BCUT2D eigenvalue weighted by Crippen LogP contribution is -2.48. The summed E-state index contributed by atoms with van der Waals surface area (Å²) in [6.45, 7) is 0. The maximum absolute atomic E-state index is 5.45. The van der Waals surface area contributed by atoms with Crippen LogP contribution in [0.5, 0.6) is 0 Å². The van der Waals surface area contributed by atoms with E-state index in [0.29, 0.717) is 22.9 Å². The summed E-state index contributed by atoms with van der Waals surface area (Å²) in [7, 11) is 0. The van der Waals surface area contributed by atoms with Crippen LogP contribution in [0.3, 0.4) is 0 Å². The molecule has 6 aliphatic rings. The van der Waals surface area contributed by atoms with Crippen LogP contribution >= 0.6 is 0 Å². The zero-order chi connectivity index (χ0) is 43.1. The molecule has 0 N–H and O–H groups in total. The Morgan fingerprint density at radius 2 is 0.848 bits per heavy atom. The van der Waals surface area contributed by atoms with Gasteiger partial charge in [0, 0.05) is 33.2 Å². The van der Waals surface area contributed by atoms with Crippen molar-refractivity contribution >= 4 is 21.8 Å². The zero-order valence-corrected chi connectivity index (χ0v) is 36.7. The maximum atomic E-state index is 5.45. The molecule has 0 unspecified atom stereocenters. The third-order valence-corrected chi connectivity index (χ3v) is 16.6. The zero-order valence-electron chi connectivity index (χ0n) is 36.7. The average Bonchev–Trinajstić information content (AvgIpc) is 3.97. The first-order valence-corrected chi connectivity index (χ1v) is 24.0. The quantitative estimate of drug-likeness (QED) is 0.173. The molecular weight excluding hydrogens is 801 g/mol. The summed E-state index contributed by atoms with van der Waals surface area (Å²) in [4.78, 5) is 16.3. The van der Waals surface area contributed by atoms with E-state index in [2.05, 4.69) is 193 Å². The molecule has 66 heavy (non-hydrogen) atoms. The Kier molecular flexibility index (Phi) is 7.57. The minimum atomic E-state index is -0.462. The van der Waals surface area contributed by atoms with Crippen LogP contribution in [-0.2, 0) is 10.8 Å². The van der Waals surface area contributed by atoms with E-state index in [1.807, 2.05) is 0 Å². The van der Waals surface area contributed by atoms with Gasteiger partial charge in [0.15, 0.2) is 17.5 Å². The molecule has 8 aromatic carbocycles. The first-order valence-electron chi connectivity index (χ1n) is 24.0. The Hall–Kier alpha value is -7.43. The second kappa shape index (κ2) is 13.6. The normalized spacial score (nSPS) is 21.3. The van der Waals surface area contributed by atoms with Crippen LogP contribution in [0.25, 0.3) is 83.9 Å². The van der Waals surface area contributed by atoms with Crippen LogP contribution < -0.4 is 0 Å². The van der Waals surface area contributed by atoms with Gasteiger partial charge >= 0.3 is 0 Å². The number of rotatable bonds is 5. The monoisotopic (exact) mass is 846 g/mol. The van der Waals surface area contributed by atoms with Crippen molar-refractivity contribution in [2.45, 2.75) is 49.4 Å². The van der Waals surface area contributed by atoms with Gasteiger partial charge in [-0.05, 0) is 142 Å². The Morgan fingerprint density at radius 1 is 0.379 bits per heavy atom. The maximum Gasteiger partial charge on any atom is 0.164 e. The van der Waals surface area contributed by atoms with Crippen LogP contribution in [0, 0.1) is 17.8 Å². The predicted molar refractivity (Wildman–Crippen MR) is 267 cm³/mol. The van der Waals surface area contributed by atoms with Crippen LogP contribution in [0.2, 0.25) is 0 Å². The second-order valence-corrected chi connectivity index (χ2v) is 20.1. The fourth-order valence-corrected chi connectivity index (χ4v) is 14.4. The lowest BCUT2D eigenvalue weighted by atomic mass is 9.48. The largest absolute Gasteiger partial charge is 0.309 e. The minimum Gasteiger partial charge on any atom is -0.309 e. The first-order chi connectivity index (χ1) is 32.6. The fraction of sp³-hybridized carbons (Fsp3) is 0.177. The molecular formula is C62H46N4. The summed E-state index contributed by atoms with van der Waals surface area (Å²) in [6.07, 6.45) is 8.37. The third kappa shape index (κ3) is 5.07. The van der Waals surface area contributed by atoms with Gasteiger partial charge in [-0.2, -0.15) is 0 Å². The van der Waals surface area contributed by atoms with Gasteiger partial charge in [-0.1, -0.05) is 158 Å². The number of hydrogen-bond acceptors (Lipinski definition) is 3. The first kappa shape index (κ1) is 36.9. The molecule has 0 radical (unpaired) electrons. The van der Waals surface area contributed by atoms with Crippen molar-refractivity contribution in [3.05, 3.63) is 216 Å². The van der Waals surface area contributed by atoms with E-state index in [1.54, 1.807) is 0 Å². The van der Waals surface area contributed by atoms with E-state index in [1.165, 1.54) is 105 Å². The highest BCUT2D eigenvalue weighted by molar-refractivity contribution is 6.10. The highest BCUT2D eigenvalue weighted by Crippen LogP contribution is 2.63. The summed E-state index contributed by atoms with van der Waals surface area (Å²) in [5.74, 6) is 4.74. The lowest BCUT2D eigenvalue weighted by molar-refractivity contribution is -0.00518. The van der Waals surface area contributed by atoms with Crippen molar-refractivity contribution in [3.63, 3.8) is 0 Å². The van der Waals surface area contributed by atoms with Crippen molar-refractivity contribution in [2.24, 2.45) is 17.8 Å². The van der Waals surface area contributed by atoms with E-state index in [-0.39, 0.29) is 0 Å². The van der Waals surface area contributed by atoms with Gasteiger partial charge < -0.3 is 4.57 Å². The van der Waals surface area contributed by atoms with Crippen molar-refractivity contribution in [1.29, 1.82) is 0 Å². The van der Waals surface area contributed by atoms with Gasteiger partial charge in [0.05, 0.1) is 16.4 Å². The Morgan fingerprint density at radius 3 is 1.47 bits per heavy atom. The molecule has 16 rings (SSSR count). The molecule has 1 spiro atoms. The molecule has 4 heteroatoms. The van der Waals surface area contributed by atoms with Crippen molar-refractivity contribution in [1.82, 2.24) is 19.5 Å². The molecule has 0 saturated heterocycles. The van der Waals surface area contributed by atoms with Crippen molar-refractivity contribution in [2.75, 3.05) is 0 Å². The van der Waals surface area contributed by atoms with Crippen molar-refractivity contribution < 1.29 is 0 Å². The molecule has 6 aliphatic carbocycles. The van der Waals surface area contributed by atoms with Crippen LogP contribution in [-0.4, -0.2) is 19.5 Å². The number of fused-ring (bicyclic) bond motifs is 13. The Bertz CT molecular complexity index is 3540. The minimum absolute atomic E-state index is 0.324. The van der Waals surface area contributed by atoms with E-state index in [9.17, 15) is 0 Å². The second-order valence-electron chi connectivity index (χ2n) is 20.1. The predicted octanol–water partition coefficient (Wildman–Crippen LogP) is 14.8. The average molecular weight is 847 g/mol. The summed E-state index contributed by atoms with van der Waals surface area (Å²) < 4.78 is 2.37. The van der Waals surface area contributed by atoms with E-state index < -0.39 is 5.41 Å². The number of benzene rings is 8. The van der Waals surface area contributed by atoms with Crippen molar-refractivity contribution in [3.8, 4) is 62.1 Å². The summed E-state index contributed by atoms with van der Waals surface area (Å²) in [5.41, 5.74) is 18.2. The number of para-hydroxylation sites is 2. The number of hydrogen-bond donors (Lipinski definition) is 0. The van der Waals surface area contributed by atoms with Gasteiger partial charge in [-0.25, -0.2) is 15.0 Å².